The molecule has 0 fully saturated rings. The number of hydrogen-bond acceptors (Lipinski definition) is 3. The van der Waals surface area contributed by atoms with Crippen LogP contribution in [0, 0.1) is 0 Å². The second-order valence-electron chi connectivity index (χ2n) is 4.27. The fourth-order valence-corrected chi connectivity index (χ4v) is 2.22. The molecule has 2 rings (SSSR count). The SMILES string of the molecule is CCOc1ccc(NC(=O)c2cn(C)cn2)cc1CBr. The molecule has 0 aliphatic rings. The molecule has 0 saturated heterocycles. The number of halogens is 1. The summed E-state index contributed by atoms with van der Waals surface area (Å²) in [6, 6.07) is 5.56. The quantitative estimate of drug-likeness (QED) is 0.853. The molecular weight excluding hydrogens is 322 g/mol. The Balaban J connectivity index is 2.15. The van der Waals surface area contributed by atoms with Crippen LogP contribution >= 0.6 is 15.9 Å². The van der Waals surface area contributed by atoms with Crippen LogP contribution in [0.1, 0.15) is 23.0 Å². The van der Waals surface area contributed by atoms with Crippen molar-refractivity contribution >= 4 is 27.5 Å². The minimum Gasteiger partial charge on any atom is -0.494 e. The Morgan fingerprint density at radius 3 is 2.90 bits per heavy atom. The van der Waals surface area contributed by atoms with E-state index in [1.54, 1.807) is 17.1 Å². The molecule has 0 saturated carbocycles. The molecule has 0 aliphatic heterocycles. The van der Waals surface area contributed by atoms with Crippen molar-refractivity contribution < 1.29 is 9.53 Å². The summed E-state index contributed by atoms with van der Waals surface area (Å²) in [5.74, 6) is 0.593. The maximum Gasteiger partial charge on any atom is 0.275 e. The van der Waals surface area contributed by atoms with Crippen molar-refractivity contribution in [2.24, 2.45) is 7.05 Å². The van der Waals surface area contributed by atoms with E-state index in [4.69, 9.17) is 4.74 Å². The first-order chi connectivity index (χ1) is 9.63. The molecule has 1 aromatic carbocycles. The first kappa shape index (κ1) is 14.6. The molecule has 0 bridgehead atoms. The van der Waals surface area contributed by atoms with Gasteiger partial charge < -0.3 is 14.6 Å². The average Bonchev–Trinajstić information content (AvgIpc) is 2.87. The molecule has 1 amide bonds. The maximum atomic E-state index is 12.0. The van der Waals surface area contributed by atoms with Gasteiger partial charge in [0.2, 0.25) is 0 Å². The van der Waals surface area contributed by atoms with Crippen molar-refractivity contribution in [2.45, 2.75) is 12.3 Å². The van der Waals surface area contributed by atoms with Gasteiger partial charge >= 0.3 is 0 Å². The number of nitrogens with one attached hydrogen (secondary N) is 1. The molecule has 0 atom stereocenters. The lowest BCUT2D eigenvalue weighted by molar-refractivity contribution is 0.102. The highest BCUT2D eigenvalue weighted by molar-refractivity contribution is 9.08. The molecule has 1 N–H and O–H groups in total. The zero-order valence-corrected chi connectivity index (χ0v) is 13.0. The van der Waals surface area contributed by atoms with Crippen molar-refractivity contribution in [1.29, 1.82) is 0 Å². The van der Waals surface area contributed by atoms with E-state index in [0.29, 0.717) is 17.6 Å². The topological polar surface area (TPSA) is 56.1 Å². The molecule has 0 unspecified atom stereocenters. The highest BCUT2D eigenvalue weighted by Gasteiger charge is 2.10. The van der Waals surface area contributed by atoms with Gasteiger partial charge in [0, 0.05) is 29.8 Å². The maximum absolute atomic E-state index is 12.0. The summed E-state index contributed by atoms with van der Waals surface area (Å²) in [7, 11) is 1.82. The van der Waals surface area contributed by atoms with Gasteiger partial charge in [0.05, 0.1) is 12.9 Å². The molecule has 0 radical (unpaired) electrons. The number of hydrogen-bond donors (Lipinski definition) is 1. The molecule has 106 valence electrons. The van der Waals surface area contributed by atoms with Crippen LogP contribution in [0.2, 0.25) is 0 Å². The number of amides is 1. The Kier molecular flexibility index (Phi) is 4.79. The van der Waals surface area contributed by atoms with E-state index in [1.807, 2.05) is 32.2 Å². The highest BCUT2D eigenvalue weighted by atomic mass is 79.9. The Morgan fingerprint density at radius 1 is 1.50 bits per heavy atom. The number of alkyl halides is 1. The Bertz CT molecular complexity index is 610. The van der Waals surface area contributed by atoms with Crippen molar-refractivity contribution in [1.82, 2.24) is 9.55 Å². The van der Waals surface area contributed by atoms with Crippen LogP contribution < -0.4 is 10.1 Å². The van der Waals surface area contributed by atoms with Gasteiger partial charge in [-0.15, -0.1) is 0 Å². The standard InChI is InChI=1S/C14H16BrN3O2/c1-3-20-13-5-4-11(6-10(13)7-15)17-14(19)12-8-18(2)9-16-12/h4-6,8-9H,3,7H2,1-2H3,(H,17,19). The lowest BCUT2D eigenvalue weighted by Gasteiger charge is -2.10. The van der Waals surface area contributed by atoms with E-state index >= 15 is 0 Å². The van der Waals surface area contributed by atoms with Gasteiger partial charge in [0.25, 0.3) is 5.91 Å². The number of aromatic nitrogens is 2. The number of carbonyl (C=O) groups excluding carboxylic acids is 1. The lowest BCUT2D eigenvalue weighted by Crippen LogP contribution is -2.12. The van der Waals surface area contributed by atoms with E-state index < -0.39 is 0 Å². The van der Waals surface area contributed by atoms with Crippen molar-refractivity contribution in [3.05, 3.63) is 42.0 Å². The highest BCUT2D eigenvalue weighted by Crippen LogP contribution is 2.25. The summed E-state index contributed by atoms with van der Waals surface area (Å²) in [6.07, 6.45) is 3.27. The average molecular weight is 338 g/mol. The smallest absolute Gasteiger partial charge is 0.275 e. The number of carbonyl (C=O) groups is 1. The van der Waals surface area contributed by atoms with Gasteiger partial charge in [-0.25, -0.2) is 4.98 Å². The normalized spacial score (nSPS) is 10.3. The fourth-order valence-electron chi connectivity index (χ4n) is 1.78. The molecule has 20 heavy (non-hydrogen) atoms. The van der Waals surface area contributed by atoms with Gasteiger partial charge in [-0.1, -0.05) is 15.9 Å². The van der Waals surface area contributed by atoms with Crippen LogP contribution in [0.5, 0.6) is 5.75 Å². The molecule has 0 spiro atoms. The van der Waals surface area contributed by atoms with Crippen molar-refractivity contribution in [3.8, 4) is 5.75 Å². The summed E-state index contributed by atoms with van der Waals surface area (Å²) in [5.41, 5.74) is 2.10. The van der Waals surface area contributed by atoms with Crippen molar-refractivity contribution in [3.63, 3.8) is 0 Å². The first-order valence-corrected chi connectivity index (χ1v) is 7.37. The van der Waals surface area contributed by atoms with Crippen LogP contribution in [-0.4, -0.2) is 22.1 Å². The third-order valence-electron chi connectivity index (χ3n) is 2.70. The van der Waals surface area contributed by atoms with Crippen LogP contribution in [0.4, 0.5) is 5.69 Å². The molecule has 5 nitrogen and oxygen atoms in total. The van der Waals surface area contributed by atoms with Gasteiger partial charge in [-0.3, -0.25) is 4.79 Å². The van der Waals surface area contributed by atoms with E-state index in [9.17, 15) is 4.79 Å². The number of anilines is 1. The Labute approximate surface area is 126 Å². The second kappa shape index (κ2) is 6.56. The molecule has 1 aromatic heterocycles. The summed E-state index contributed by atoms with van der Waals surface area (Å²) in [5, 5.41) is 3.49. The summed E-state index contributed by atoms with van der Waals surface area (Å²) >= 11 is 3.42. The zero-order chi connectivity index (χ0) is 14.5. The summed E-state index contributed by atoms with van der Waals surface area (Å²) in [4.78, 5) is 16.0. The van der Waals surface area contributed by atoms with Crippen LogP contribution in [0.15, 0.2) is 30.7 Å². The molecule has 6 heteroatoms. The number of nitrogens with zero attached hydrogens (tertiary/aromatic N) is 2. The Hall–Kier alpha value is -1.82. The monoisotopic (exact) mass is 337 g/mol. The number of rotatable bonds is 5. The van der Waals surface area contributed by atoms with Gasteiger partial charge in [-0.05, 0) is 25.1 Å². The molecule has 1 heterocycles. The minimum absolute atomic E-state index is 0.227. The Morgan fingerprint density at radius 2 is 2.30 bits per heavy atom. The summed E-state index contributed by atoms with van der Waals surface area (Å²) < 4.78 is 7.25. The molecule has 2 aromatic rings. The number of benzene rings is 1. The number of ether oxygens (including phenoxy) is 1. The van der Waals surface area contributed by atoms with E-state index in [1.165, 1.54) is 0 Å². The third-order valence-corrected chi connectivity index (χ3v) is 3.30. The number of aryl methyl sites for hydroxylation is 1. The first-order valence-electron chi connectivity index (χ1n) is 6.25. The predicted octanol–water partition coefficient (Wildman–Crippen LogP) is 2.97. The minimum atomic E-state index is -0.227. The zero-order valence-electron chi connectivity index (χ0n) is 11.4. The fraction of sp³-hybridized carbons (Fsp3) is 0.286. The third kappa shape index (κ3) is 3.39. The van der Waals surface area contributed by atoms with Crippen molar-refractivity contribution in [2.75, 3.05) is 11.9 Å². The second-order valence-corrected chi connectivity index (χ2v) is 4.83. The predicted molar refractivity (Wildman–Crippen MR) is 81.4 cm³/mol. The largest absolute Gasteiger partial charge is 0.494 e. The molecular formula is C14H16BrN3O2. The van der Waals surface area contributed by atoms with Crippen LogP contribution in [0.3, 0.4) is 0 Å². The summed E-state index contributed by atoms with van der Waals surface area (Å²) in [6.45, 7) is 2.55. The van der Waals surface area contributed by atoms with E-state index in [-0.39, 0.29) is 5.91 Å². The lowest BCUT2D eigenvalue weighted by atomic mass is 10.2. The van der Waals surface area contributed by atoms with E-state index in [2.05, 4.69) is 26.2 Å². The van der Waals surface area contributed by atoms with Gasteiger partial charge in [0.15, 0.2) is 0 Å². The number of imidazole rings is 1. The van der Waals surface area contributed by atoms with Gasteiger partial charge in [-0.2, -0.15) is 0 Å². The van der Waals surface area contributed by atoms with Gasteiger partial charge in [0.1, 0.15) is 11.4 Å². The molecule has 0 aliphatic carbocycles. The van der Waals surface area contributed by atoms with E-state index in [0.717, 1.165) is 17.0 Å². The van der Waals surface area contributed by atoms with Crippen LogP contribution in [0.25, 0.3) is 0 Å². The van der Waals surface area contributed by atoms with Crippen LogP contribution in [-0.2, 0) is 12.4 Å².